The topological polar surface area (TPSA) is 83.9 Å². The van der Waals surface area contributed by atoms with E-state index in [-0.39, 0.29) is 18.0 Å². The molecule has 0 spiro atoms. The Hall–Kier alpha value is -2.22. The summed E-state index contributed by atoms with van der Waals surface area (Å²) in [4.78, 5) is 10.9. The SMILES string of the molecule is O=C(O)COCC1Cc2ccccc2CN1S(=O)(=O)c1ccccc1. The number of nitrogens with zero attached hydrogens (tertiary/aromatic N) is 1. The van der Waals surface area contributed by atoms with E-state index < -0.39 is 28.6 Å². The second-order valence-corrected chi connectivity index (χ2v) is 7.79. The molecule has 0 saturated carbocycles. The number of aliphatic carboxylic acids is 1. The van der Waals surface area contributed by atoms with Crippen molar-refractivity contribution < 1.29 is 23.1 Å². The Morgan fingerprint density at radius 3 is 2.40 bits per heavy atom. The van der Waals surface area contributed by atoms with Gasteiger partial charge in [-0.15, -0.1) is 0 Å². The first-order valence-electron chi connectivity index (χ1n) is 7.91. The van der Waals surface area contributed by atoms with Crippen molar-refractivity contribution in [2.45, 2.75) is 23.9 Å². The number of carboxylic acids is 1. The van der Waals surface area contributed by atoms with Crippen LogP contribution in [0.25, 0.3) is 0 Å². The highest BCUT2D eigenvalue weighted by Crippen LogP contribution is 2.29. The number of sulfonamides is 1. The smallest absolute Gasteiger partial charge is 0.329 e. The lowest BCUT2D eigenvalue weighted by molar-refractivity contribution is -0.142. The van der Waals surface area contributed by atoms with Gasteiger partial charge < -0.3 is 9.84 Å². The number of rotatable bonds is 6. The molecule has 25 heavy (non-hydrogen) atoms. The Labute approximate surface area is 146 Å². The molecular formula is C18H19NO5S. The minimum Gasteiger partial charge on any atom is -0.480 e. The highest BCUT2D eigenvalue weighted by molar-refractivity contribution is 7.89. The Balaban J connectivity index is 1.91. The van der Waals surface area contributed by atoms with E-state index in [0.29, 0.717) is 6.42 Å². The maximum atomic E-state index is 13.1. The van der Waals surface area contributed by atoms with Gasteiger partial charge in [0, 0.05) is 6.54 Å². The van der Waals surface area contributed by atoms with E-state index in [9.17, 15) is 13.2 Å². The van der Waals surface area contributed by atoms with Gasteiger partial charge in [0.1, 0.15) is 6.61 Å². The van der Waals surface area contributed by atoms with Gasteiger partial charge >= 0.3 is 5.97 Å². The Bertz CT molecular complexity index is 851. The van der Waals surface area contributed by atoms with Gasteiger partial charge in [-0.3, -0.25) is 0 Å². The summed E-state index contributed by atoms with van der Waals surface area (Å²) in [5, 5.41) is 8.75. The summed E-state index contributed by atoms with van der Waals surface area (Å²) in [7, 11) is -3.70. The third-order valence-corrected chi connectivity index (χ3v) is 6.11. The van der Waals surface area contributed by atoms with Crippen molar-refractivity contribution in [2.75, 3.05) is 13.2 Å². The van der Waals surface area contributed by atoms with Crippen LogP contribution in [0.2, 0.25) is 0 Å². The van der Waals surface area contributed by atoms with Gasteiger partial charge in [0.15, 0.2) is 0 Å². The van der Waals surface area contributed by atoms with Crippen LogP contribution in [-0.4, -0.2) is 43.1 Å². The molecule has 2 aromatic carbocycles. The zero-order valence-corrected chi connectivity index (χ0v) is 14.4. The molecule has 3 rings (SSSR count). The van der Waals surface area contributed by atoms with Crippen molar-refractivity contribution >= 4 is 16.0 Å². The van der Waals surface area contributed by atoms with E-state index in [4.69, 9.17) is 9.84 Å². The zero-order chi connectivity index (χ0) is 17.9. The Morgan fingerprint density at radius 2 is 1.72 bits per heavy atom. The van der Waals surface area contributed by atoms with E-state index in [2.05, 4.69) is 0 Å². The van der Waals surface area contributed by atoms with Crippen molar-refractivity contribution in [2.24, 2.45) is 0 Å². The number of carboxylic acid groups (broad SMARTS) is 1. The van der Waals surface area contributed by atoms with Gasteiger partial charge in [0.25, 0.3) is 0 Å². The standard InChI is InChI=1S/C18H19NO5S/c20-18(21)13-24-12-16-10-14-6-4-5-7-15(14)11-19(16)25(22,23)17-8-2-1-3-9-17/h1-9,16H,10-13H2,(H,20,21). The summed E-state index contributed by atoms with van der Waals surface area (Å²) in [5.41, 5.74) is 2.02. The molecule has 0 aromatic heterocycles. The molecule has 0 radical (unpaired) electrons. The lowest BCUT2D eigenvalue weighted by Crippen LogP contribution is -2.46. The molecule has 132 valence electrons. The molecule has 0 bridgehead atoms. The normalized spacial score (nSPS) is 17.8. The second kappa shape index (κ2) is 7.35. The number of hydrogen-bond donors (Lipinski definition) is 1. The average Bonchev–Trinajstić information content (AvgIpc) is 2.61. The number of ether oxygens (including phenoxy) is 1. The summed E-state index contributed by atoms with van der Waals surface area (Å²) in [5.74, 6) is -1.08. The van der Waals surface area contributed by atoms with Crippen LogP contribution >= 0.6 is 0 Å². The van der Waals surface area contributed by atoms with Crippen LogP contribution in [0, 0.1) is 0 Å². The minimum absolute atomic E-state index is 0.0344. The number of benzene rings is 2. The molecule has 0 fully saturated rings. The largest absolute Gasteiger partial charge is 0.480 e. The van der Waals surface area contributed by atoms with Crippen molar-refractivity contribution in [3.05, 3.63) is 65.7 Å². The van der Waals surface area contributed by atoms with Gasteiger partial charge in [0.05, 0.1) is 17.5 Å². The predicted molar refractivity (Wildman–Crippen MR) is 91.6 cm³/mol. The fraction of sp³-hybridized carbons (Fsp3) is 0.278. The van der Waals surface area contributed by atoms with E-state index in [1.807, 2.05) is 24.3 Å². The monoisotopic (exact) mass is 361 g/mol. The van der Waals surface area contributed by atoms with E-state index in [1.54, 1.807) is 30.3 Å². The van der Waals surface area contributed by atoms with Crippen LogP contribution in [0.3, 0.4) is 0 Å². The molecule has 0 saturated heterocycles. The third kappa shape index (κ3) is 3.89. The first kappa shape index (κ1) is 17.6. The van der Waals surface area contributed by atoms with Crippen molar-refractivity contribution in [1.29, 1.82) is 0 Å². The van der Waals surface area contributed by atoms with Crippen molar-refractivity contribution in [3.63, 3.8) is 0 Å². The van der Waals surface area contributed by atoms with Gasteiger partial charge in [-0.05, 0) is 29.7 Å². The quantitative estimate of drug-likeness (QED) is 0.850. The van der Waals surface area contributed by atoms with Gasteiger partial charge in [-0.25, -0.2) is 13.2 Å². The van der Waals surface area contributed by atoms with Gasteiger partial charge in [0.2, 0.25) is 10.0 Å². The molecule has 1 atom stereocenters. The van der Waals surface area contributed by atoms with Gasteiger partial charge in [-0.2, -0.15) is 4.31 Å². The molecule has 6 nitrogen and oxygen atoms in total. The molecule has 0 aliphatic carbocycles. The number of hydrogen-bond acceptors (Lipinski definition) is 4. The molecule has 1 N–H and O–H groups in total. The second-order valence-electron chi connectivity index (χ2n) is 5.90. The molecule has 7 heteroatoms. The number of carbonyl (C=O) groups is 1. The summed E-state index contributed by atoms with van der Waals surface area (Å²) in [6.45, 7) is -0.168. The van der Waals surface area contributed by atoms with Gasteiger partial charge in [-0.1, -0.05) is 42.5 Å². The summed E-state index contributed by atoms with van der Waals surface area (Å²) >= 11 is 0. The molecular weight excluding hydrogens is 342 g/mol. The average molecular weight is 361 g/mol. The van der Waals surface area contributed by atoms with Crippen LogP contribution in [-0.2, 0) is 32.5 Å². The van der Waals surface area contributed by atoms with Crippen LogP contribution in [0.15, 0.2) is 59.5 Å². The molecule has 0 amide bonds. The molecule has 1 heterocycles. The van der Waals surface area contributed by atoms with E-state index >= 15 is 0 Å². The first-order valence-corrected chi connectivity index (χ1v) is 9.35. The third-order valence-electron chi connectivity index (χ3n) is 4.19. The highest BCUT2D eigenvalue weighted by atomic mass is 32.2. The predicted octanol–water partition coefficient (Wildman–Crippen LogP) is 1.90. The van der Waals surface area contributed by atoms with E-state index in [1.165, 1.54) is 4.31 Å². The van der Waals surface area contributed by atoms with Crippen molar-refractivity contribution in [1.82, 2.24) is 4.31 Å². The first-order chi connectivity index (χ1) is 12.0. The highest BCUT2D eigenvalue weighted by Gasteiger charge is 2.35. The van der Waals surface area contributed by atoms with Crippen molar-refractivity contribution in [3.8, 4) is 0 Å². The molecule has 1 unspecified atom stereocenters. The van der Waals surface area contributed by atoms with E-state index in [0.717, 1.165) is 11.1 Å². The maximum absolute atomic E-state index is 13.1. The summed E-state index contributed by atoms with van der Waals surface area (Å²) in [6, 6.07) is 15.5. The van der Waals surface area contributed by atoms with Crippen LogP contribution in [0.1, 0.15) is 11.1 Å². The fourth-order valence-electron chi connectivity index (χ4n) is 3.00. The molecule has 1 aliphatic rings. The number of fused-ring (bicyclic) bond motifs is 1. The lowest BCUT2D eigenvalue weighted by atomic mass is 9.96. The Morgan fingerprint density at radius 1 is 1.08 bits per heavy atom. The lowest BCUT2D eigenvalue weighted by Gasteiger charge is -2.35. The maximum Gasteiger partial charge on any atom is 0.329 e. The molecule has 2 aromatic rings. The Kier molecular flexibility index (Phi) is 5.17. The zero-order valence-electron chi connectivity index (χ0n) is 13.5. The van der Waals surface area contributed by atoms with Crippen LogP contribution < -0.4 is 0 Å². The minimum atomic E-state index is -3.70. The van der Waals surface area contributed by atoms with Crippen LogP contribution in [0.4, 0.5) is 0 Å². The molecule has 1 aliphatic heterocycles. The van der Waals surface area contributed by atoms with Crippen LogP contribution in [0.5, 0.6) is 0 Å². The fourth-order valence-corrected chi connectivity index (χ4v) is 4.61. The summed E-state index contributed by atoms with van der Waals surface area (Å²) in [6.07, 6.45) is 0.488. The summed E-state index contributed by atoms with van der Waals surface area (Å²) < 4.78 is 32.7.